The molecule has 7 nitrogen and oxygen atoms in total. The van der Waals surface area contributed by atoms with Crippen molar-refractivity contribution in [3.63, 3.8) is 0 Å². The number of halogens is 3. The van der Waals surface area contributed by atoms with Crippen molar-refractivity contribution in [1.29, 1.82) is 0 Å². The maximum absolute atomic E-state index is 12.3. The summed E-state index contributed by atoms with van der Waals surface area (Å²) < 4.78 is 12.0. The Kier molecular flexibility index (Phi) is 6.97. The minimum atomic E-state index is -1.02. The molecule has 1 N–H and O–H groups in total. The van der Waals surface area contributed by atoms with Crippen molar-refractivity contribution < 1.29 is 19.1 Å². The van der Waals surface area contributed by atoms with Crippen molar-refractivity contribution in [3.8, 4) is 5.75 Å². The van der Waals surface area contributed by atoms with Crippen LogP contribution in [-0.2, 0) is 21.4 Å². The van der Waals surface area contributed by atoms with Gasteiger partial charge in [0.25, 0.3) is 5.91 Å². The maximum Gasteiger partial charge on any atom is 0.344 e. The molecule has 0 spiro atoms. The van der Waals surface area contributed by atoms with Crippen molar-refractivity contribution in [1.82, 2.24) is 9.78 Å². The van der Waals surface area contributed by atoms with Gasteiger partial charge >= 0.3 is 5.97 Å². The van der Waals surface area contributed by atoms with E-state index in [2.05, 4.69) is 10.4 Å². The van der Waals surface area contributed by atoms with E-state index in [4.69, 9.17) is 44.3 Å². The Balaban J connectivity index is 1.91. The van der Waals surface area contributed by atoms with E-state index >= 15 is 0 Å². The number of amides is 1. The number of aromatic nitrogens is 2. The molecule has 1 aromatic carbocycles. The van der Waals surface area contributed by atoms with E-state index in [1.807, 2.05) is 6.92 Å². The zero-order valence-electron chi connectivity index (χ0n) is 15.1. The summed E-state index contributed by atoms with van der Waals surface area (Å²) in [6.45, 7) is 4.61. The number of ether oxygens (including phenoxy) is 2. The SMILES string of the molecule is Cc1nn(C)c(C)c1NC(=O)C(C)OC(=O)COc1cc(Cl)c(Cl)cc1Cl. The Hall–Kier alpha value is -1.96. The fraction of sp³-hybridized carbons (Fsp3) is 0.353. The summed E-state index contributed by atoms with van der Waals surface area (Å²) >= 11 is 17.7. The molecule has 146 valence electrons. The van der Waals surface area contributed by atoms with Crippen LogP contribution in [0.4, 0.5) is 5.69 Å². The first-order valence-corrected chi connectivity index (χ1v) is 9.01. The Bertz CT molecular complexity index is 883. The summed E-state index contributed by atoms with van der Waals surface area (Å²) in [5.74, 6) is -1.03. The van der Waals surface area contributed by atoms with Gasteiger partial charge in [-0.05, 0) is 26.8 Å². The van der Waals surface area contributed by atoms with Crippen molar-refractivity contribution >= 4 is 52.4 Å². The Labute approximate surface area is 171 Å². The molecule has 1 unspecified atom stereocenters. The van der Waals surface area contributed by atoms with Gasteiger partial charge in [0.2, 0.25) is 0 Å². The molecule has 0 saturated carbocycles. The summed E-state index contributed by atoms with van der Waals surface area (Å²) in [5.41, 5.74) is 2.04. The molecule has 27 heavy (non-hydrogen) atoms. The lowest BCUT2D eigenvalue weighted by molar-refractivity contribution is -0.155. The van der Waals surface area contributed by atoms with Crippen LogP contribution in [-0.4, -0.2) is 34.4 Å². The summed E-state index contributed by atoms with van der Waals surface area (Å²) in [5, 5.41) is 7.62. The topological polar surface area (TPSA) is 82.5 Å². The predicted molar refractivity (Wildman–Crippen MR) is 104 cm³/mol. The zero-order valence-corrected chi connectivity index (χ0v) is 17.4. The monoisotopic (exact) mass is 433 g/mol. The summed E-state index contributed by atoms with van der Waals surface area (Å²) in [6, 6.07) is 2.80. The molecule has 0 saturated heterocycles. The van der Waals surface area contributed by atoms with Crippen molar-refractivity contribution in [2.24, 2.45) is 7.05 Å². The molecule has 0 aliphatic carbocycles. The van der Waals surface area contributed by atoms with Crippen molar-refractivity contribution in [2.75, 3.05) is 11.9 Å². The van der Waals surface area contributed by atoms with Gasteiger partial charge in [-0.15, -0.1) is 0 Å². The van der Waals surface area contributed by atoms with E-state index < -0.39 is 24.6 Å². The van der Waals surface area contributed by atoms with Crippen LogP contribution in [0.15, 0.2) is 12.1 Å². The molecule has 10 heteroatoms. The third-order valence-corrected chi connectivity index (χ3v) is 4.77. The van der Waals surface area contributed by atoms with Gasteiger partial charge in [0.1, 0.15) is 5.75 Å². The van der Waals surface area contributed by atoms with Crippen molar-refractivity contribution in [2.45, 2.75) is 26.9 Å². The number of anilines is 1. The Morgan fingerprint density at radius 2 is 1.81 bits per heavy atom. The normalized spacial score (nSPS) is 11.8. The first-order chi connectivity index (χ1) is 12.6. The number of nitrogens with zero attached hydrogens (tertiary/aromatic N) is 2. The van der Waals surface area contributed by atoms with Gasteiger partial charge in [-0.2, -0.15) is 5.10 Å². The molecule has 1 amide bonds. The first-order valence-electron chi connectivity index (χ1n) is 7.88. The number of carbonyl (C=O) groups is 2. The number of benzene rings is 1. The second kappa shape index (κ2) is 8.82. The summed E-state index contributed by atoms with van der Waals surface area (Å²) in [4.78, 5) is 24.2. The van der Waals surface area contributed by atoms with Gasteiger partial charge in [0.15, 0.2) is 12.7 Å². The third-order valence-electron chi connectivity index (χ3n) is 3.75. The lowest BCUT2D eigenvalue weighted by atomic mass is 10.3. The predicted octanol–water partition coefficient (Wildman–Crippen LogP) is 3.95. The second-order valence-corrected chi connectivity index (χ2v) is 7.00. The average Bonchev–Trinajstić information content (AvgIpc) is 2.83. The molecular formula is C17H18Cl3N3O4. The maximum atomic E-state index is 12.3. The van der Waals surface area contributed by atoms with E-state index in [1.165, 1.54) is 19.1 Å². The lowest BCUT2D eigenvalue weighted by Crippen LogP contribution is -2.32. The standard InChI is InChI=1S/C17H18Cl3N3O4/c1-8-16(9(2)23(4)22-8)21-17(25)10(3)27-15(24)7-26-14-6-12(19)11(18)5-13(14)20/h5-6,10H,7H2,1-4H3,(H,21,25). The number of rotatable bonds is 6. The van der Waals surface area contributed by atoms with Gasteiger partial charge in [-0.3, -0.25) is 9.48 Å². The molecule has 1 aromatic heterocycles. The van der Waals surface area contributed by atoms with Crippen LogP contribution in [0, 0.1) is 13.8 Å². The summed E-state index contributed by atoms with van der Waals surface area (Å²) in [7, 11) is 1.77. The fourth-order valence-corrected chi connectivity index (χ4v) is 2.81. The van der Waals surface area contributed by atoms with Crippen molar-refractivity contribution in [3.05, 3.63) is 38.6 Å². The third kappa shape index (κ3) is 5.28. The Morgan fingerprint density at radius 3 is 2.41 bits per heavy atom. The highest BCUT2D eigenvalue weighted by atomic mass is 35.5. The second-order valence-electron chi connectivity index (χ2n) is 5.78. The molecule has 1 atom stereocenters. The zero-order chi connectivity index (χ0) is 20.3. The van der Waals surface area contributed by atoms with Gasteiger partial charge < -0.3 is 14.8 Å². The largest absolute Gasteiger partial charge is 0.480 e. The summed E-state index contributed by atoms with van der Waals surface area (Å²) in [6.07, 6.45) is -1.02. The average molecular weight is 435 g/mol. The van der Waals surface area contributed by atoms with Crippen LogP contribution >= 0.6 is 34.8 Å². The Morgan fingerprint density at radius 1 is 1.19 bits per heavy atom. The quantitative estimate of drug-likeness (QED) is 0.550. The van der Waals surface area contributed by atoms with E-state index in [9.17, 15) is 9.59 Å². The number of hydrogen-bond donors (Lipinski definition) is 1. The van der Waals surface area contributed by atoms with Crippen LogP contribution in [0.2, 0.25) is 15.1 Å². The smallest absolute Gasteiger partial charge is 0.344 e. The van der Waals surface area contributed by atoms with Gasteiger partial charge in [-0.1, -0.05) is 34.8 Å². The van der Waals surface area contributed by atoms with Gasteiger partial charge in [0, 0.05) is 13.1 Å². The molecule has 0 bridgehead atoms. The van der Waals surface area contributed by atoms with E-state index in [0.29, 0.717) is 11.4 Å². The molecule has 2 aromatic rings. The van der Waals surface area contributed by atoms with Gasteiger partial charge in [-0.25, -0.2) is 4.79 Å². The van der Waals surface area contributed by atoms with Crippen LogP contribution in [0.1, 0.15) is 18.3 Å². The molecule has 0 fully saturated rings. The minimum absolute atomic E-state index is 0.182. The first kappa shape index (κ1) is 21.3. The van der Waals surface area contributed by atoms with E-state index in [-0.39, 0.29) is 20.8 Å². The van der Waals surface area contributed by atoms with E-state index in [0.717, 1.165) is 5.69 Å². The number of carbonyl (C=O) groups excluding carboxylic acids is 2. The van der Waals surface area contributed by atoms with Crippen LogP contribution in [0.3, 0.4) is 0 Å². The fourth-order valence-electron chi connectivity index (χ4n) is 2.22. The molecule has 0 radical (unpaired) electrons. The molecular weight excluding hydrogens is 417 g/mol. The molecule has 0 aliphatic rings. The lowest BCUT2D eigenvalue weighted by Gasteiger charge is -2.14. The number of nitrogens with one attached hydrogen (secondary N) is 1. The molecule has 0 aliphatic heterocycles. The highest BCUT2D eigenvalue weighted by molar-refractivity contribution is 6.43. The number of hydrogen-bond acceptors (Lipinski definition) is 5. The molecule has 1 heterocycles. The molecule has 2 rings (SSSR count). The van der Waals surface area contributed by atoms with Crippen LogP contribution in [0.5, 0.6) is 5.75 Å². The number of esters is 1. The van der Waals surface area contributed by atoms with E-state index in [1.54, 1.807) is 18.7 Å². The highest BCUT2D eigenvalue weighted by Crippen LogP contribution is 2.33. The van der Waals surface area contributed by atoms with Gasteiger partial charge in [0.05, 0.1) is 32.1 Å². The minimum Gasteiger partial charge on any atom is -0.480 e. The van der Waals surface area contributed by atoms with Crippen LogP contribution in [0.25, 0.3) is 0 Å². The highest BCUT2D eigenvalue weighted by Gasteiger charge is 2.21. The van der Waals surface area contributed by atoms with Crippen LogP contribution < -0.4 is 10.1 Å². The number of aryl methyl sites for hydroxylation is 2.